The zero-order valence-electron chi connectivity index (χ0n) is 35.6. The van der Waals surface area contributed by atoms with Gasteiger partial charge in [0.25, 0.3) is 0 Å². The zero-order chi connectivity index (χ0) is 43.2. The molecule has 304 valence electrons. The van der Waals surface area contributed by atoms with Gasteiger partial charge in [0, 0.05) is 16.7 Å². The maximum absolute atomic E-state index is 5.20. The average Bonchev–Trinajstić information content (AvgIpc) is 3.70. The Balaban J connectivity index is 0.960. The van der Waals surface area contributed by atoms with Gasteiger partial charge in [-0.05, 0) is 95.7 Å². The quantitative estimate of drug-likeness (QED) is 0.152. The fourth-order valence-corrected chi connectivity index (χ4v) is 10.3. The van der Waals surface area contributed by atoms with E-state index in [-0.39, 0.29) is 0 Å². The number of fused-ring (bicyclic) bond motifs is 4. The lowest BCUT2D eigenvalue weighted by molar-refractivity contribution is 0.768. The number of hydrogen-bond donors (Lipinski definition) is 0. The first-order valence-corrected chi connectivity index (χ1v) is 22.3. The van der Waals surface area contributed by atoms with Gasteiger partial charge in [-0.1, -0.05) is 237 Å². The van der Waals surface area contributed by atoms with Crippen molar-refractivity contribution in [1.82, 2.24) is 9.97 Å². The van der Waals surface area contributed by atoms with E-state index >= 15 is 0 Å². The topological polar surface area (TPSA) is 25.8 Å². The normalized spacial score (nSPS) is 12.4. The second-order valence-electron chi connectivity index (χ2n) is 16.8. The van der Waals surface area contributed by atoms with Gasteiger partial charge in [0.1, 0.15) is 0 Å². The summed E-state index contributed by atoms with van der Waals surface area (Å²) in [6.45, 7) is 0. The zero-order valence-corrected chi connectivity index (χ0v) is 35.6. The maximum Gasteiger partial charge on any atom is 0.160 e. The SMILES string of the molecule is c1ccc(-c2cc(-c3ccc(-c4cccc(-c5cccc(-c6cccc7c6-c6ccccc6C7(c6ccccc6)c6ccccc6)c5)c4)c4ccccc34)nc(-c3ccccc3)n2)cc1. The fourth-order valence-electron chi connectivity index (χ4n) is 10.3. The number of nitrogens with zero attached hydrogens (tertiary/aromatic N) is 2. The van der Waals surface area contributed by atoms with Crippen LogP contribution in [0.1, 0.15) is 22.3 Å². The van der Waals surface area contributed by atoms with Crippen LogP contribution in [0.5, 0.6) is 0 Å². The highest BCUT2D eigenvalue weighted by Gasteiger charge is 2.46. The van der Waals surface area contributed by atoms with Gasteiger partial charge < -0.3 is 0 Å². The lowest BCUT2D eigenvalue weighted by Gasteiger charge is -2.34. The number of benzene rings is 10. The molecule has 10 aromatic carbocycles. The summed E-state index contributed by atoms with van der Waals surface area (Å²) in [5.74, 6) is 0.710. The summed E-state index contributed by atoms with van der Waals surface area (Å²) in [4.78, 5) is 10.3. The molecule has 1 aliphatic rings. The van der Waals surface area contributed by atoms with Gasteiger partial charge in [0.05, 0.1) is 16.8 Å². The molecular formula is C63H42N2. The van der Waals surface area contributed by atoms with Crippen LogP contribution >= 0.6 is 0 Å². The van der Waals surface area contributed by atoms with Gasteiger partial charge in [-0.2, -0.15) is 0 Å². The van der Waals surface area contributed by atoms with Crippen LogP contribution in [-0.4, -0.2) is 9.97 Å². The third-order valence-electron chi connectivity index (χ3n) is 13.2. The molecule has 0 amide bonds. The first-order valence-electron chi connectivity index (χ1n) is 22.3. The van der Waals surface area contributed by atoms with E-state index < -0.39 is 5.41 Å². The van der Waals surface area contributed by atoms with Crippen LogP contribution in [0.25, 0.3) is 89.2 Å². The summed E-state index contributed by atoms with van der Waals surface area (Å²) in [7, 11) is 0. The average molecular weight is 827 g/mol. The molecule has 0 saturated carbocycles. The highest BCUT2D eigenvalue weighted by molar-refractivity contribution is 6.05. The first-order chi connectivity index (χ1) is 32.2. The number of hydrogen-bond acceptors (Lipinski definition) is 2. The molecule has 0 saturated heterocycles. The number of aromatic nitrogens is 2. The summed E-state index contributed by atoms with van der Waals surface area (Å²) < 4.78 is 0. The molecule has 0 bridgehead atoms. The van der Waals surface area contributed by atoms with Gasteiger partial charge in [-0.3, -0.25) is 0 Å². The van der Waals surface area contributed by atoms with E-state index in [0.717, 1.165) is 33.5 Å². The Kier molecular flexibility index (Phi) is 9.43. The molecule has 2 heteroatoms. The highest BCUT2D eigenvalue weighted by Crippen LogP contribution is 2.58. The molecule has 1 heterocycles. The Hall–Kier alpha value is -8.46. The van der Waals surface area contributed by atoms with Gasteiger partial charge in [0.15, 0.2) is 5.82 Å². The second-order valence-corrected chi connectivity index (χ2v) is 16.8. The molecule has 0 spiro atoms. The Labute approximate surface area is 379 Å². The number of rotatable bonds is 8. The molecule has 0 atom stereocenters. The molecule has 0 N–H and O–H groups in total. The van der Waals surface area contributed by atoms with Crippen molar-refractivity contribution in [2.45, 2.75) is 5.41 Å². The van der Waals surface area contributed by atoms with E-state index in [1.807, 2.05) is 24.3 Å². The lowest BCUT2D eigenvalue weighted by atomic mass is 9.67. The standard InChI is InChI=1S/C63H42N2/c1-5-20-43(21-6-1)59-42-60(65-62(64-59)44-22-7-2-8-23-44)55-39-38-51(53-32-13-14-33-54(53)55)47-26-17-24-45(40-47)46-25-18-27-48(41-46)52-35-19-37-58-61(52)56-34-15-16-36-57(56)63(58,49-28-9-3-10-29-49)50-30-11-4-12-31-50/h1-42H. The Morgan fingerprint density at radius 3 is 1.37 bits per heavy atom. The minimum Gasteiger partial charge on any atom is -0.228 e. The predicted molar refractivity (Wildman–Crippen MR) is 269 cm³/mol. The summed E-state index contributed by atoms with van der Waals surface area (Å²) in [6, 6.07) is 92.0. The van der Waals surface area contributed by atoms with Crippen molar-refractivity contribution in [2.24, 2.45) is 0 Å². The Morgan fingerprint density at radius 1 is 0.262 bits per heavy atom. The monoisotopic (exact) mass is 826 g/mol. The van der Waals surface area contributed by atoms with Gasteiger partial charge in [-0.25, -0.2) is 9.97 Å². The molecule has 0 unspecified atom stereocenters. The highest BCUT2D eigenvalue weighted by atomic mass is 14.9. The molecule has 65 heavy (non-hydrogen) atoms. The summed E-state index contributed by atoms with van der Waals surface area (Å²) >= 11 is 0. The Bertz CT molecular complexity index is 3430. The van der Waals surface area contributed by atoms with E-state index in [4.69, 9.17) is 9.97 Å². The van der Waals surface area contributed by atoms with Crippen molar-refractivity contribution >= 4 is 10.8 Å². The molecule has 11 aromatic rings. The van der Waals surface area contributed by atoms with Crippen LogP contribution in [0.4, 0.5) is 0 Å². The minimum absolute atomic E-state index is 0.448. The molecule has 2 nitrogen and oxygen atoms in total. The van der Waals surface area contributed by atoms with Gasteiger partial charge >= 0.3 is 0 Å². The third-order valence-corrected chi connectivity index (χ3v) is 13.2. The van der Waals surface area contributed by atoms with Gasteiger partial charge in [0.2, 0.25) is 0 Å². The largest absolute Gasteiger partial charge is 0.228 e. The lowest BCUT2D eigenvalue weighted by Crippen LogP contribution is -2.28. The van der Waals surface area contributed by atoms with Crippen molar-refractivity contribution < 1.29 is 0 Å². The van der Waals surface area contributed by atoms with E-state index in [9.17, 15) is 0 Å². The van der Waals surface area contributed by atoms with Crippen molar-refractivity contribution in [3.63, 3.8) is 0 Å². The first kappa shape index (κ1) is 38.2. The second kappa shape index (κ2) is 16.0. The van der Waals surface area contributed by atoms with Crippen molar-refractivity contribution in [2.75, 3.05) is 0 Å². The van der Waals surface area contributed by atoms with E-state index in [2.05, 4.69) is 231 Å². The summed E-state index contributed by atoms with van der Waals surface area (Å²) in [6.07, 6.45) is 0. The molecule has 0 radical (unpaired) electrons. The molecule has 0 fully saturated rings. The van der Waals surface area contributed by atoms with Crippen molar-refractivity contribution in [1.29, 1.82) is 0 Å². The van der Waals surface area contributed by atoms with Crippen LogP contribution < -0.4 is 0 Å². The fraction of sp³-hybridized carbons (Fsp3) is 0.0159. The van der Waals surface area contributed by atoms with Crippen LogP contribution in [0.15, 0.2) is 255 Å². The van der Waals surface area contributed by atoms with E-state index in [1.54, 1.807) is 0 Å². The smallest absolute Gasteiger partial charge is 0.160 e. The van der Waals surface area contributed by atoms with Crippen LogP contribution in [0, 0.1) is 0 Å². The van der Waals surface area contributed by atoms with Crippen molar-refractivity contribution in [3.05, 3.63) is 277 Å². The van der Waals surface area contributed by atoms with E-state index in [0.29, 0.717) is 5.82 Å². The molecule has 12 rings (SSSR count). The summed E-state index contributed by atoms with van der Waals surface area (Å²) in [5, 5.41) is 2.32. The van der Waals surface area contributed by atoms with Gasteiger partial charge in [-0.15, -0.1) is 0 Å². The molecule has 0 aliphatic heterocycles. The van der Waals surface area contributed by atoms with Crippen LogP contribution in [-0.2, 0) is 5.41 Å². The third kappa shape index (κ3) is 6.50. The molecule has 1 aliphatic carbocycles. The van der Waals surface area contributed by atoms with Crippen molar-refractivity contribution in [3.8, 4) is 78.4 Å². The van der Waals surface area contributed by atoms with Crippen LogP contribution in [0.2, 0.25) is 0 Å². The molecule has 1 aromatic heterocycles. The minimum atomic E-state index is -0.448. The maximum atomic E-state index is 5.20. The van der Waals surface area contributed by atoms with Crippen LogP contribution in [0.3, 0.4) is 0 Å². The predicted octanol–water partition coefficient (Wildman–Crippen LogP) is 16.0. The molecular weight excluding hydrogens is 785 g/mol. The van der Waals surface area contributed by atoms with E-state index in [1.165, 1.54) is 72.1 Å². The Morgan fingerprint density at radius 2 is 0.708 bits per heavy atom. The summed E-state index contributed by atoms with van der Waals surface area (Å²) in [5.41, 5.74) is 19.3.